The molecular formula is C15H15NO6. The fraction of sp³-hybridized carbons (Fsp3) is 0.133. The summed E-state index contributed by atoms with van der Waals surface area (Å²) in [5.41, 5.74) is 0.264. The molecule has 2 aromatic rings. The standard InChI is InChI=1S/C15H15NO6/c1-22-13-3-2-8(4-10(13)18)7-16-15(21)14-11(19)5-9(17)6-12(14)20/h2-6,17-20H,7H2,1H3,(H,16,21). The van der Waals surface area contributed by atoms with E-state index < -0.39 is 17.4 Å². The van der Waals surface area contributed by atoms with Crippen LogP contribution in [-0.4, -0.2) is 33.4 Å². The Bertz CT molecular complexity index is 690. The number of ether oxygens (including phenoxy) is 1. The van der Waals surface area contributed by atoms with E-state index in [4.69, 9.17) is 4.74 Å². The van der Waals surface area contributed by atoms with Crippen LogP contribution in [0.4, 0.5) is 0 Å². The molecule has 22 heavy (non-hydrogen) atoms. The number of phenols is 4. The van der Waals surface area contributed by atoms with Crippen LogP contribution in [0.5, 0.6) is 28.7 Å². The number of rotatable bonds is 4. The molecule has 0 radical (unpaired) electrons. The van der Waals surface area contributed by atoms with Crippen LogP contribution in [0.2, 0.25) is 0 Å². The summed E-state index contributed by atoms with van der Waals surface area (Å²) in [6.07, 6.45) is 0. The topological polar surface area (TPSA) is 119 Å². The van der Waals surface area contributed by atoms with E-state index in [1.807, 2.05) is 0 Å². The maximum absolute atomic E-state index is 12.0. The van der Waals surface area contributed by atoms with Gasteiger partial charge in [0.1, 0.15) is 22.8 Å². The first-order chi connectivity index (χ1) is 10.4. The number of phenolic OH excluding ortho intramolecular Hbond substituents is 4. The van der Waals surface area contributed by atoms with Crippen molar-refractivity contribution in [2.24, 2.45) is 0 Å². The van der Waals surface area contributed by atoms with Gasteiger partial charge in [0, 0.05) is 18.7 Å². The van der Waals surface area contributed by atoms with E-state index in [2.05, 4.69) is 5.32 Å². The van der Waals surface area contributed by atoms with Gasteiger partial charge in [0.15, 0.2) is 11.5 Å². The van der Waals surface area contributed by atoms with Gasteiger partial charge in [0.2, 0.25) is 0 Å². The molecule has 0 saturated heterocycles. The Morgan fingerprint density at radius 1 is 1.05 bits per heavy atom. The molecule has 0 spiro atoms. The van der Waals surface area contributed by atoms with Crippen LogP contribution in [0.15, 0.2) is 30.3 Å². The van der Waals surface area contributed by atoms with Gasteiger partial charge in [-0.3, -0.25) is 4.79 Å². The molecule has 0 atom stereocenters. The van der Waals surface area contributed by atoms with Crippen LogP contribution in [0.25, 0.3) is 0 Å². The Morgan fingerprint density at radius 3 is 2.23 bits per heavy atom. The molecule has 0 unspecified atom stereocenters. The summed E-state index contributed by atoms with van der Waals surface area (Å²) in [7, 11) is 1.42. The van der Waals surface area contributed by atoms with E-state index in [0.29, 0.717) is 11.3 Å². The van der Waals surface area contributed by atoms with Crippen LogP contribution in [0, 0.1) is 0 Å². The molecule has 7 nitrogen and oxygen atoms in total. The highest BCUT2D eigenvalue weighted by atomic mass is 16.5. The molecule has 0 aliphatic rings. The van der Waals surface area contributed by atoms with Crippen LogP contribution in [0.3, 0.4) is 0 Å². The quantitative estimate of drug-likeness (QED) is 0.583. The van der Waals surface area contributed by atoms with Crippen LogP contribution in [-0.2, 0) is 6.54 Å². The van der Waals surface area contributed by atoms with Crippen LogP contribution >= 0.6 is 0 Å². The third-order valence-corrected chi connectivity index (χ3v) is 3.00. The van der Waals surface area contributed by atoms with Crippen molar-refractivity contribution in [2.75, 3.05) is 7.11 Å². The van der Waals surface area contributed by atoms with Gasteiger partial charge in [-0.2, -0.15) is 0 Å². The van der Waals surface area contributed by atoms with Crippen molar-refractivity contribution < 1.29 is 30.0 Å². The SMILES string of the molecule is COc1ccc(CNC(=O)c2c(O)cc(O)cc2O)cc1O. The predicted octanol–water partition coefficient (Wildman–Crippen LogP) is 1.45. The summed E-state index contributed by atoms with van der Waals surface area (Å²) in [4.78, 5) is 12.0. The fourth-order valence-electron chi connectivity index (χ4n) is 1.95. The molecule has 0 aliphatic carbocycles. The highest BCUT2D eigenvalue weighted by Crippen LogP contribution is 2.32. The zero-order valence-corrected chi connectivity index (χ0v) is 11.7. The maximum atomic E-state index is 12.0. The largest absolute Gasteiger partial charge is 0.508 e. The molecule has 1 amide bonds. The maximum Gasteiger partial charge on any atom is 0.259 e. The van der Waals surface area contributed by atoms with Gasteiger partial charge in [-0.1, -0.05) is 6.07 Å². The van der Waals surface area contributed by atoms with Crippen molar-refractivity contribution in [2.45, 2.75) is 6.54 Å². The summed E-state index contributed by atoms with van der Waals surface area (Å²) >= 11 is 0. The molecule has 5 N–H and O–H groups in total. The van der Waals surface area contributed by atoms with Gasteiger partial charge in [-0.15, -0.1) is 0 Å². The highest BCUT2D eigenvalue weighted by molar-refractivity contribution is 5.99. The average molecular weight is 305 g/mol. The Balaban J connectivity index is 2.12. The summed E-state index contributed by atoms with van der Waals surface area (Å²) in [6, 6.07) is 6.53. The molecule has 0 saturated carbocycles. The van der Waals surface area contributed by atoms with Gasteiger partial charge in [-0.05, 0) is 17.7 Å². The van der Waals surface area contributed by atoms with Crippen molar-refractivity contribution in [1.82, 2.24) is 5.32 Å². The lowest BCUT2D eigenvalue weighted by Gasteiger charge is -2.10. The Morgan fingerprint density at radius 2 is 1.68 bits per heavy atom. The number of benzene rings is 2. The zero-order chi connectivity index (χ0) is 16.3. The second kappa shape index (κ2) is 6.13. The zero-order valence-electron chi connectivity index (χ0n) is 11.7. The second-order valence-corrected chi connectivity index (χ2v) is 4.55. The van der Waals surface area contributed by atoms with Crippen molar-refractivity contribution in [1.29, 1.82) is 0 Å². The number of nitrogens with one attached hydrogen (secondary N) is 1. The van der Waals surface area contributed by atoms with E-state index in [9.17, 15) is 25.2 Å². The third-order valence-electron chi connectivity index (χ3n) is 3.00. The third kappa shape index (κ3) is 3.14. The molecular weight excluding hydrogens is 290 g/mol. The fourth-order valence-corrected chi connectivity index (χ4v) is 1.95. The minimum absolute atomic E-state index is 0.0652. The molecule has 116 valence electrons. The minimum atomic E-state index is -0.717. The molecule has 2 aromatic carbocycles. The van der Waals surface area contributed by atoms with E-state index in [1.54, 1.807) is 12.1 Å². The molecule has 2 rings (SSSR count). The van der Waals surface area contributed by atoms with Crippen molar-refractivity contribution in [3.63, 3.8) is 0 Å². The Hall–Kier alpha value is -3.09. The van der Waals surface area contributed by atoms with Gasteiger partial charge >= 0.3 is 0 Å². The highest BCUT2D eigenvalue weighted by Gasteiger charge is 2.17. The van der Waals surface area contributed by atoms with Crippen LogP contribution in [0.1, 0.15) is 15.9 Å². The predicted molar refractivity (Wildman–Crippen MR) is 77.3 cm³/mol. The minimum Gasteiger partial charge on any atom is -0.508 e. The lowest BCUT2D eigenvalue weighted by Crippen LogP contribution is -2.23. The Kier molecular flexibility index (Phi) is 4.26. The number of carbonyl (C=O) groups is 1. The smallest absolute Gasteiger partial charge is 0.259 e. The van der Waals surface area contributed by atoms with E-state index in [0.717, 1.165) is 12.1 Å². The Labute approximate surface area is 126 Å². The summed E-state index contributed by atoms with van der Waals surface area (Å²) < 4.78 is 4.91. The van der Waals surface area contributed by atoms with E-state index in [-0.39, 0.29) is 23.6 Å². The second-order valence-electron chi connectivity index (χ2n) is 4.55. The van der Waals surface area contributed by atoms with Gasteiger partial charge < -0.3 is 30.5 Å². The molecule has 0 heterocycles. The van der Waals surface area contributed by atoms with Crippen molar-refractivity contribution in [3.8, 4) is 28.7 Å². The average Bonchev–Trinajstić information content (AvgIpc) is 2.44. The number of carbonyl (C=O) groups excluding carboxylic acids is 1. The number of amides is 1. The summed E-state index contributed by atoms with van der Waals surface area (Å²) in [6.45, 7) is 0.0656. The monoisotopic (exact) mass is 305 g/mol. The first-order valence-corrected chi connectivity index (χ1v) is 6.31. The number of hydrogen-bond donors (Lipinski definition) is 5. The molecule has 7 heteroatoms. The number of methoxy groups -OCH3 is 1. The first-order valence-electron chi connectivity index (χ1n) is 6.31. The lowest BCUT2D eigenvalue weighted by atomic mass is 10.1. The van der Waals surface area contributed by atoms with Crippen molar-refractivity contribution >= 4 is 5.91 Å². The van der Waals surface area contributed by atoms with Crippen LogP contribution < -0.4 is 10.1 Å². The molecule has 0 aliphatic heterocycles. The van der Waals surface area contributed by atoms with Gasteiger partial charge in [-0.25, -0.2) is 0 Å². The molecule has 0 fully saturated rings. The molecule has 0 bridgehead atoms. The van der Waals surface area contributed by atoms with Gasteiger partial charge in [0.05, 0.1) is 7.11 Å². The molecule has 0 aromatic heterocycles. The normalized spacial score (nSPS) is 10.2. The van der Waals surface area contributed by atoms with E-state index in [1.165, 1.54) is 13.2 Å². The first kappa shape index (κ1) is 15.3. The number of hydrogen-bond acceptors (Lipinski definition) is 6. The number of aromatic hydroxyl groups is 4. The van der Waals surface area contributed by atoms with Crippen molar-refractivity contribution in [3.05, 3.63) is 41.5 Å². The van der Waals surface area contributed by atoms with E-state index >= 15 is 0 Å². The summed E-state index contributed by atoms with van der Waals surface area (Å²) in [5, 5.41) is 40.6. The van der Waals surface area contributed by atoms with Gasteiger partial charge in [0.25, 0.3) is 5.91 Å². The lowest BCUT2D eigenvalue weighted by molar-refractivity contribution is 0.0945. The summed E-state index contributed by atoms with van der Waals surface area (Å²) in [5.74, 6) is -1.90.